The fourth-order valence-electron chi connectivity index (χ4n) is 13.9. The summed E-state index contributed by atoms with van der Waals surface area (Å²) < 4.78 is 30.5. The first kappa shape index (κ1) is 47.6. The summed E-state index contributed by atoms with van der Waals surface area (Å²) in [6, 6.07) is -1.53. The number of amides is 3. The Labute approximate surface area is 373 Å². The SMILES string of the molecule is CC(C)C[C@@H]1C[C@]1(CC(=O)[C@@H]1C[C@@]2(CN1C(=O)[C@@H](CC(=O)[C@@H](NC(=O)[C@@H]1CCCCN1C(C)C)C1CCCCC1)C(C)(C)C)C(C)(C)C21CCC1)C(=O)NS(=O)(=O)N1CCCC1. The summed E-state index contributed by atoms with van der Waals surface area (Å²) >= 11 is 0. The van der Waals surface area contributed by atoms with Crippen LogP contribution in [-0.4, -0.2) is 102 Å². The maximum Gasteiger partial charge on any atom is 0.303 e. The largest absolute Gasteiger partial charge is 0.345 e. The van der Waals surface area contributed by atoms with Gasteiger partial charge < -0.3 is 10.2 Å². The molecule has 350 valence electrons. The highest BCUT2D eigenvalue weighted by molar-refractivity contribution is 7.87. The van der Waals surface area contributed by atoms with Crippen LogP contribution in [0.4, 0.5) is 0 Å². The second-order valence-corrected chi connectivity index (χ2v) is 25.2. The molecule has 0 radical (unpaired) electrons. The van der Waals surface area contributed by atoms with Gasteiger partial charge in [0.15, 0.2) is 11.6 Å². The Hall–Kier alpha value is -2.38. The zero-order valence-corrected chi connectivity index (χ0v) is 40.6. The van der Waals surface area contributed by atoms with Crippen LogP contribution in [0.1, 0.15) is 178 Å². The van der Waals surface area contributed by atoms with Crippen LogP contribution in [0.15, 0.2) is 0 Å². The van der Waals surface area contributed by atoms with Crippen molar-refractivity contribution >= 4 is 39.5 Å². The summed E-state index contributed by atoms with van der Waals surface area (Å²) in [5.41, 5.74) is -2.08. The van der Waals surface area contributed by atoms with Crippen LogP contribution in [0.3, 0.4) is 0 Å². The third kappa shape index (κ3) is 8.48. The molecule has 4 aliphatic carbocycles. The van der Waals surface area contributed by atoms with Crippen molar-refractivity contribution in [3.63, 3.8) is 0 Å². The molecule has 7 aliphatic rings. The predicted molar refractivity (Wildman–Crippen MR) is 241 cm³/mol. The minimum atomic E-state index is -4.05. The second-order valence-electron chi connectivity index (χ2n) is 23.5. The summed E-state index contributed by atoms with van der Waals surface area (Å²) in [5.74, 6) is -1.78. The molecular weight excluding hydrogens is 803 g/mol. The van der Waals surface area contributed by atoms with Gasteiger partial charge in [-0.1, -0.05) is 80.6 Å². The highest BCUT2D eigenvalue weighted by Crippen LogP contribution is 2.88. The first-order chi connectivity index (χ1) is 29.0. The monoisotopic (exact) mass is 884 g/mol. The van der Waals surface area contributed by atoms with Crippen molar-refractivity contribution < 1.29 is 32.4 Å². The molecule has 3 aliphatic heterocycles. The lowest BCUT2D eigenvalue weighted by Gasteiger charge is -2.40. The topological polar surface area (TPSA) is 153 Å². The van der Waals surface area contributed by atoms with Crippen molar-refractivity contribution in [1.29, 1.82) is 0 Å². The van der Waals surface area contributed by atoms with Crippen molar-refractivity contribution in [2.24, 2.45) is 50.7 Å². The van der Waals surface area contributed by atoms with E-state index in [2.05, 4.69) is 56.5 Å². The number of likely N-dealkylation sites (tertiary alicyclic amines) is 2. The van der Waals surface area contributed by atoms with Crippen LogP contribution in [0.25, 0.3) is 0 Å². The first-order valence-electron chi connectivity index (χ1n) is 24.8. The van der Waals surface area contributed by atoms with E-state index in [9.17, 15) is 22.8 Å². The van der Waals surface area contributed by atoms with Gasteiger partial charge in [-0.15, -0.1) is 0 Å². The van der Waals surface area contributed by atoms with Crippen molar-refractivity contribution in [2.45, 2.75) is 202 Å². The molecule has 7 atom stereocenters. The third-order valence-corrected chi connectivity index (χ3v) is 19.5. The number of nitrogens with zero attached hydrogens (tertiary/aromatic N) is 3. The van der Waals surface area contributed by atoms with Crippen LogP contribution in [0.5, 0.6) is 0 Å². The lowest BCUT2D eigenvalue weighted by Crippen LogP contribution is -2.57. The van der Waals surface area contributed by atoms with Crippen LogP contribution >= 0.6 is 0 Å². The number of carbonyl (C=O) groups excluding carboxylic acids is 5. The second kappa shape index (κ2) is 17.4. The summed E-state index contributed by atoms with van der Waals surface area (Å²) in [6.45, 7) is 21.0. The smallest absolute Gasteiger partial charge is 0.303 e. The quantitative estimate of drug-likeness (QED) is 0.165. The van der Waals surface area contributed by atoms with Gasteiger partial charge in [0, 0.05) is 49.9 Å². The number of nitrogens with one attached hydrogen (secondary N) is 2. The van der Waals surface area contributed by atoms with E-state index in [0.717, 1.165) is 90.0 Å². The molecule has 12 nitrogen and oxygen atoms in total. The third-order valence-electron chi connectivity index (χ3n) is 18.0. The van der Waals surface area contributed by atoms with Gasteiger partial charge in [0.25, 0.3) is 0 Å². The molecule has 0 aromatic rings. The lowest BCUT2D eigenvalue weighted by atomic mass is 9.73. The van der Waals surface area contributed by atoms with Crippen LogP contribution in [0, 0.1) is 50.7 Å². The van der Waals surface area contributed by atoms with E-state index in [1.165, 1.54) is 4.31 Å². The zero-order valence-electron chi connectivity index (χ0n) is 39.8. The van der Waals surface area contributed by atoms with E-state index < -0.39 is 44.9 Å². The predicted octanol–water partition coefficient (Wildman–Crippen LogP) is 7.20. The first-order valence-corrected chi connectivity index (χ1v) is 26.2. The normalized spacial score (nSPS) is 32.2. The molecule has 2 spiro atoms. The molecule has 7 fully saturated rings. The Morgan fingerprint density at radius 2 is 1.40 bits per heavy atom. The Bertz CT molecular complexity index is 1840. The summed E-state index contributed by atoms with van der Waals surface area (Å²) in [5, 5.41) is 3.29. The minimum Gasteiger partial charge on any atom is -0.345 e. The molecule has 7 rings (SSSR count). The molecule has 62 heavy (non-hydrogen) atoms. The molecule has 0 aromatic heterocycles. The number of piperidine rings is 1. The number of ketones is 2. The van der Waals surface area contributed by atoms with Crippen molar-refractivity contribution in [3.8, 4) is 0 Å². The average Bonchev–Trinajstić information content (AvgIpc) is 3.63. The van der Waals surface area contributed by atoms with Crippen LogP contribution in [0.2, 0.25) is 0 Å². The Morgan fingerprint density at radius 3 is 1.97 bits per heavy atom. The highest BCUT2D eigenvalue weighted by atomic mass is 32.2. The van der Waals surface area contributed by atoms with Crippen molar-refractivity contribution in [2.75, 3.05) is 26.2 Å². The maximum atomic E-state index is 15.5. The van der Waals surface area contributed by atoms with Gasteiger partial charge in [0.05, 0.1) is 23.5 Å². The summed E-state index contributed by atoms with van der Waals surface area (Å²) in [4.78, 5) is 78.0. The van der Waals surface area contributed by atoms with Gasteiger partial charge >= 0.3 is 10.2 Å². The van der Waals surface area contributed by atoms with Gasteiger partial charge in [0.1, 0.15) is 0 Å². The van der Waals surface area contributed by atoms with Gasteiger partial charge in [-0.3, -0.25) is 28.9 Å². The molecule has 3 amide bonds. The van der Waals surface area contributed by atoms with E-state index in [1.807, 2.05) is 25.7 Å². The Balaban J connectivity index is 1.16. The molecule has 0 unspecified atom stereocenters. The number of Topliss-reactive ketones (excluding diaryl/α,β-unsaturated/α-hetero) is 2. The number of hydrogen-bond donors (Lipinski definition) is 2. The average molecular weight is 884 g/mol. The molecule has 2 N–H and O–H groups in total. The molecule has 0 aromatic carbocycles. The van der Waals surface area contributed by atoms with E-state index in [4.69, 9.17) is 0 Å². The van der Waals surface area contributed by atoms with E-state index in [1.54, 1.807) is 0 Å². The number of carbonyl (C=O) groups is 5. The van der Waals surface area contributed by atoms with Crippen molar-refractivity contribution in [3.05, 3.63) is 0 Å². The number of rotatable bonds is 16. The summed E-state index contributed by atoms with van der Waals surface area (Å²) in [7, 11) is -4.05. The summed E-state index contributed by atoms with van der Waals surface area (Å²) in [6.07, 6.45) is 13.8. The molecular formula is C49H81N5O7S. The fraction of sp³-hybridized carbons (Fsp3) is 0.898. The molecule has 4 saturated carbocycles. The minimum absolute atomic E-state index is 0.0103. The van der Waals surface area contributed by atoms with E-state index in [-0.39, 0.29) is 82.3 Å². The molecule has 3 saturated heterocycles. The van der Waals surface area contributed by atoms with Crippen molar-refractivity contribution in [1.82, 2.24) is 24.1 Å². The number of hydrogen-bond acceptors (Lipinski definition) is 8. The molecule has 0 bridgehead atoms. The zero-order chi connectivity index (χ0) is 45.2. The van der Waals surface area contributed by atoms with Crippen LogP contribution in [-0.2, 0) is 34.2 Å². The van der Waals surface area contributed by atoms with E-state index in [0.29, 0.717) is 38.9 Å². The standard InChI is InChI=1S/C49H81N5O7S/c1-32(2)26-35-28-47(35,44(59)51-62(60,61)52-23-15-16-24-52)30-40(56)38-29-49(46(8,9)48(49)21-17-22-48)31-54(38)43(58)36(45(5,6)7)27-39(55)41(34-18-11-10-12-19-34)50-42(57)37-20-13-14-25-53(37)33(3)4/h32-38,41H,10-31H2,1-9H3,(H,50,57)(H,51,59)/t35-,36-,37+,38+,41+,47-,49-/m1/s1. The Kier molecular flexibility index (Phi) is 13.4. The molecule has 13 heteroatoms. The lowest BCUT2D eigenvalue weighted by molar-refractivity contribution is -0.147. The number of fused-ring (bicyclic) bond motifs is 1. The maximum absolute atomic E-state index is 15.5. The van der Waals surface area contributed by atoms with E-state index >= 15 is 9.59 Å². The fourth-order valence-corrected chi connectivity index (χ4v) is 15.2. The van der Waals surface area contributed by atoms with Gasteiger partial charge in [-0.25, -0.2) is 4.72 Å². The highest BCUT2D eigenvalue weighted by Gasteiger charge is 2.85. The van der Waals surface area contributed by atoms with Gasteiger partial charge in [-0.2, -0.15) is 12.7 Å². The molecule has 3 heterocycles. The van der Waals surface area contributed by atoms with Crippen LogP contribution < -0.4 is 10.0 Å². The van der Waals surface area contributed by atoms with Gasteiger partial charge in [0.2, 0.25) is 17.7 Å². The van der Waals surface area contributed by atoms with Gasteiger partial charge in [-0.05, 0) is 125 Å². The Morgan fingerprint density at radius 1 is 0.774 bits per heavy atom.